The molecule has 0 saturated carbocycles. The summed E-state index contributed by atoms with van der Waals surface area (Å²) in [6, 6.07) is 14.9. The molecule has 0 aromatic heterocycles. The lowest BCUT2D eigenvalue weighted by atomic mass is 10.1. The van der Waals surface area contributed by atoms with Gasteiger partial charge in [0.1, 0.15) is 0 Å². The van der Waals surface area contributed by atoms with E-state index in [0.29, 0.717) is 6.42 Å². The molecule has 1 aliphatic rings. The fourth-order valence-electron chi connectivity index (χ4n) is 2.37. The molecule has 0 aliphatic carbocycles. The van der Waals surface area contributed by atoms with Gasteiger partial charge in [0.2, 0.25) is 5.91 Å². The van der Waals surface area contributed by atoms with E-state index in [2.05, 4.69) is 41.0 Å². The highest BCUT2D eigenvalue weighted by Gasteiger charge is 2.19. The largest absolute Gasteiger partial charge is 0.383 e. The molecule has 0 radical (unpaired) electrons. The Hall–Kier alpha value is -2.03. The SMILES string of the molecule is O=C1CCC(CNc2ccc3ccccc3c2)N1. The third-order valence-corrected chi connectivity index (χ3v) is 3.39. The van der Waals surface area contributed by atoms with Crippen LogP contribution in [-0.4, -0.2) is 18.5 Å². The molecule has 92 valence electrons. The number of hydrogen-bond acceptors (Lipinski definition) is 2. The average Bonchev–Trinajstić information content (AvgIpc) is 2.82. The zero-order valence-corrected chi connectivity index (χ0v) is 10.1. The van der Waals surface area contributed by atoms with Crippen molar-refractivity contribution in [2.45, 2.75) is 18.9 Å². The molecule has 1 atom stereocenters. The molecule has 1 amide bonds. The molecule has 1 saturated heterocycles. The first-order chi connectivity index (χ1) is 8.81. The van der Waals surface area contributed by atoms with Crippen molar-refractivity contribution in [1.82, 2.24) is 5.32 Å². The highest BCUT2D eigenvalue weighted by Crippen LogP contribution is 2.19. The Labute approximate surface area is 106 Å². The Morgan fingerprint density at radius 1 is 1.17 bits per heavy atom. The van der Waals surface area contributed by atoms with Crippen LogP contribution in [0.1, 0.15) is 12.8 Å². The van der Waals surface area contributed by atoms with Crippen molar-refractivity contribution >= 4 is 22.4 Å². The van der Waals surface area contributed by atoms with Crippen LogP contribution < -0.4 is 10.6 Å². The van der Waals surface area contributed by atoms with Gasteiger partial charge in [-0.3, -0.25) is 4.79 Å². The molecule has 0 bridgehead atoms. The van der Waals surface area contributed by atoms with Crippen LogP contribution in [0.25, 0.3) is 10.8 Å². The van der Waals surface area contributed by atoms with Crippen LogP contribution in [0.3, 0.4) is 0 Å². The van der Waals surface area contributed by atoms with Crippen LogP contribution in [0.15, 0.2) is 42.5 Å². The number of amides is 1. The number of carbonyl (C=O) groups excluding carboxylic acids is 1. The van der Waals surface area contributed by atoms with Crippen LogP contribution >= 0.6 is 0 Å². The summed E-state index contributed by atoms with van der Waals surface area (Å²) >= 11 is 0. The summed E-state index contributed by atoms with van der Waals surface area (Å²) in [5.74, 6) is 0.167. The molecule has 2 N–H and O–H groups in total. The normalized spacial score (nSPS) is 18.9. The fourth-order valence-corrected chi connectivity index (χ4v) is 2.37. The molecule has 1 heterocycles. The number of benzene rings is 2. The second-order valence-corrected chi connectivity index (χ2v) is 4.75. The first-order valence-corrected chi connectivity index (χ1v) is 6.33. The first-order valence-electron chi connectivity index (χ1n) is 6.33. The molecule has 3 rings (SSSR count). The minimum absolute atomic E-state index is 0.167. The van der Waals surface area contributed by atoms with Crippen molar-refractivity contribution in [3.05, 3.63) is 42.5 Å². The molecule has 3 heteroatoms. The van der Waals surface area contributed by atoms with Crippen LogP contribution in [0.4, 0.5) is 5.69 Å². The molecule has 2 aromatic rings. The van der Waals surface area contributed by atoms with Gasteiger partial charge < -0.3 is 10.6 Å². The molecule has 2 aromatic carbocycles. The zero-order chi connectivity index (χ0) is 12.4. The van der Waals surface area contributed by atoms with E-state index in [1.165, 1.54) is 10.8 Å². The van der Waals surface area contributed by atoms with E-state index in [0.717, 1.165) is 18.7 Å². The topological polar surface area (TPSA) is 41.1 Å². The molecule has 1 unspecified atom stereocenters. The minimum Gasteiger partial charge on any atom is -0.383 e. The fraction of sp³-hybridized carbons (Fsp3) is 0.267. The second-order valence-electron chi connectivity index (χ2n) is 4.75. The third kappa shape index (κ3) is 2.30. The highest BCUT2D eigenvalue weighted by molar-refractivity contribution is 5.85. The van der Waals surface area contributed by atoms with Gasteiger partial charge in [-0.15, -0.1) is 0 Å². The summed E-state index contributed by atoms with van der Waals surface area (Å²) in [6.45, 7) is 0.796. The first kappa shape index (κ1) is 11.1. The summed E-state index contributed by atoms with van der Waals surface area (Å²) < 4.78 is 0. The van der Waals surface area contributed by atoms with Crippen LogP contribution in [0, 0.1) is 0 Å². The molecule has 1 aliphatic heterocycles. The Morgan fingerprint density at radius 2 is 2.00 bits per heavy atom. The van der Waals surface area contributed by atoms with Gasteiger partial charge in [-0.25, -0.2) is 0 Å². The predicted molar refractivity (Wildman–Crippen MR) is 73.6 cm³/mol. The van der Waals surface area contributed by atoms with Gasteiger partial charge in [0, 0.05) is 24.7 Å². The van der Waals surface area contributed by atoms with Gasteiger partial charge in [-0.2, -0.15) is 0 Å². The quantitative estimate of drug-likeness (QED) is 0.865. The number of hydrogen-bond donors (Lipinski definition) is 2. The summed E-state index contributed by atoms with van der Waals surface area (Å²) in [7, 11) is 0. The van der Waals surface area contributed by atoms with Gasteiger partial charge in [-0.1, -0.05) is 30.3 Å². The lowest BCUT2D eigenvalue weighted by molar-refractivity contribution is -0.119. The van der Waals surface area contributed by atoms with E-state index in [1.54, 1.807) is 0 Å². The van der Waals surface area contributed by atoms with Gasteiger partial charge in [0.05, 0.1) is 0 Å². The van der Waals surface area contributed by atoms with Crippen molar-refractivity contribution in [1.29, 1.82) is 0 Å². The molecular formula is C15H16N2O. The Morgan fingerprint density at radius 3 is 2.78 bits per heavy atom. The summed E-state index contributed by atoms with van der Waals surface area (Å²) in [6.07, 6.45) is 1.59. The number of rotatable bonds is 3. The van der Waals surface area contributed by atoms with Crippen molar-refractivity contribution < 1.29 is 4.79 Å². The van der Waals surface area contributed by atoms with E-state index >= 15 is 0 Å². The van der Waals surface area contributed by atoms with Crippen LogP contribution in [-0.2, 0) is 4.79 Å². The monoisotopic (exact) mass is 240 g/mol. The van der Waals surface area contributed by atoms with Crippen LogP contribution in [0.2, 0.25) is 0 Å². The smallest absolute Gasteiger partial charge is 0.220 e. The maximum atomic E-state index is 11.1. The third-order valence-electron chi connectivity index (χ3n) is 3.39. The van der Waals surface area contributed by atoms with Crippen molar-refractivity contribution in [3.63, 3.8) is 0 Å². The molecule has 0 spiro atoms. The molecular weight excluding hydrogens is 224 g/mol. The number of nitrogens with one attached hydrogen (secondary N) is 2. The number of carbonyl (C=O) groups is 1. The van der Waals surface area contributed by atoms with E-state index in [-0.39, 0.29) is 11.9 Å². The van der Waals surface area contributed by atoms with Crippen LogP contribution in [0.5, 0.6) is 0 Å². The second kappa shape index (κ2) is 4.69. The zero-order valence-electron chi connectivity index (χ0n) is 10.1. The maximum absolute atomic E-state index is 11.1. The summed E-state index contributed by atoms with van der Waals surface area (Å²) in [5.41, 5.74) is 1.11. The van der Waals surface area contributed by atoms with Gasteiger partial charge >= 0.3 is 0 Å². The standard InChI is InChI=1S/C15H16N2O/c18-15-8-7-14(17-15)10-16-13-6-5-11-3-1-2-4-12(11)9-13/h1-6,9,14,16H,7-8,10H2,(H,17,18). The lowest BCUT2D eigenvalue weighted by Gasteiger charge is -2.12. The average molecular weight is 240 g/mol. The van der Waals surface area contributed by atoms with Gasteiger partial charge in [-0.05, 0) is 29.3 Å². The minimum atomic E-state index is 0.167. The van der Waals surface area contributed by atoms with E-state index in [9.17, 15) is 4.79 Å². The van der Waals surface area contributed by atoms with E-state index < -0.39 is 0 Å². The van der Waals surface area contributed by atoms with Gasteiger partial charge in [0.25, 0.3) is 0 Å². The number of fused-ring (bicyclic) bond motifs is 1. The van der Waals surface area contributed by atoms with E-state index in [1.807, 2.05) is 12.1 Å². The van der Waals surface area contributed by atoms with E-state index in [4.69, 9.17) is 0 Å². The summed E-state index contributed by atoms with van der Waals surface area (Å²) in [5, 5.41) is 8.83. The molecule has 1 fully saturated rings. The maximum Gasteiger partial charge on any atom is 0.220 e. The molecule has 18 heavy (non-hydrogen) atoms. The Kier molecular flexibility index (Phi) is 2.89. The number of anilines is 1. The van der Waals surface area contributed by atoms with Crippen molar-refractivity contribution in [3.8, 4) is 0 Å². The highest BCUT2D eigenvalue weighted by atomic mass is 16.1. The van der Waals surface area contributed by atoms with Crippen molar-refractivity contribution in [2.24, 2.45) is 0 Å². The Balaban J connectivity index is 1.69. The predicted octanol–water partition coefficient (Wildman–Crippen LogP) is 2.53. The molecule has 3 nitrogen and oxygen atoms in total. The van der Waals surface area contributed by atoms with Crippen molar-refractivity contribution in [2.75, 3.05) is 11.9 Å². The summed E-state index contributed by atoms with van der Waals surface area (Å²) in [4.78, 5) is 11.1. The Bertz CT molecular complexity index is 579. The lowest BCUT2D eigenvalue weighted by Crippen LogP contribution is -2.31. The van der Waals surface area contributed by atoms with Gasteiger partial charge in [0.15, 0.2) is 0 Å².